The molecule has 2 aromatic carbocycles. The molecule has 0 saturated heterocycles. The number of anilines is 1. The number of aryl methyl sites for hydroxylation is 2. The molecule has 0 aromatic heterocycles. The largest absolute Gasteiger partial charge is 0.481 e. The minimum atomic E-state index is -1.06. The number of aliphatic carboxylic acids is 1. The summed E-state index contributed by atoms with van der Waals surface area (Å²) in [5.41, 5.74) is 3.48. The number of benzene rings is 2. The molecule has 0 saturated carbocycles. The van der Waals surface area contributed by atoms with E-state index in [0.29, 0.717) is 34.7 Å². The van der Waals surface area contributed by atoms with E-state index in [1.165, 1.54) is 0 Å². The first-order valence-corrected chi connectivity index (χ1v) is 9.31. The zero-order valence-electron chi connectivity index (χ0n) is 17.0. The molecule has 0 radical (unpaired) electrons. The zero-order chi connectivity index (χ0) is 21.6. The molecule has 0 fully saturated rings. The first kappa shape index (κ1) is 21.9. The van der Waals surface area contributed by atoms with Crippen molar-refractivity contribution in [3.8, 4) is 5.75 Å². The average Bonchev–Trinajstić information content (AvgIpc) is 2.66. The Kier molecular flexibility index (Phi) is 7.36. The second-order valence-electron chi connectivity index (χ2n) is 7.15. The van der Waals surface area contributed by atoms with Crippen molar-refractivity contribution in [3.63, 3.8) is 0 Å². The number of hydrogen-bond donors (Lipinski definition) is 3. The topological polar surface area (TPSA) is 105 Å². The van der Waals surface area contributed by atoms with Crippen molar-refractivity contribution >= 4 is 23.5 Å². The molecule has 2 aromatic rings. The van der Waals surface area contributed by atoms with Crippen molar-refractivity contribution in [3.05, 3.63) is 58.7 Å². The molecule has 0 aliphatic rings. The lowest BCUT2D eigenvalue weighted by molar-refractivity contribution is -0.139. The van der Waals surface area contributed by atoms with E-state index in [1.807, 2.05) is 26.0 Å². The zero-order valence-corrected chi connectivity index (χ0v) is 17.0. The molecule has 0 unspecified atom stereocenters. The molecule has 154 valence electrons. The summed E-state index contributed by atoms with van der Waals surface area (Å²) in [7, 11) is 0. The Hall–Kier alpha value is -3.35. The van der Waals surface area contributed by atoms with Crippen molar-refractivity contribution < 1.29 is 24.2 Å². The standard InChI is InChI=1S/C22H26N2O5/c1-13(2)21(27)24-18-7-5-16(6-8-18)11-23-22(28)17-9-14(3)20(15(4)10-17)29-12-19(25)26/h5-10,13H,11-12H2,1-4H3,(H,23,28)(H,24,27)(H,25,26). The van der Waals surface area contributed by atoms with Crippen molar-refractivity contribution in [2.75, 3.05) is 11.9 Å². The molecular weight excluding hydrogens is 372 g/mol. The monoisotopic (exact) mass is 398 g/mol. The van der Waals surface area contributed by atoms with Gasteiger partial charge in [0.1, 0.15) is 5.75 Å². The number of ether oxygens (including phenoxy) is 1. The van der Waals surface area contributed by atoms with Crippen LogP contribution in [0.1, 0.15) is 40.9 Å². The van der Waals surface area contributed by atoms with Gasteiger partial charge < -0.3 is 20.5 Å². The number of hydrogen-bond acceptors (Lipinski definition) is 4. The van der Waals surface area contributed by atoms with E-state index in [4.69, 9.17) is 9.84 Å². The molecule has 7 nitrogen and oxygen atoms in total. The summed E-state index contributed by atoms with van der Waals surface area (Å²) in [6.45, 7) is 7.10. The lowest BCUT2D eigenvalue weighted by atomic mass is 10.0. The van der Waals surface area contributed by atoms with Gasteiger partial charge in [0, 0.05) is 23.7 Å². The Bertz CT molecular complexity index is 881. The van der Waals surface area contributed by atoms with Crippen LogP contribution in [0.3, 0.4) is 0 Å². The quantitative estimate of drug-likeness (QED) is 0.633. The fourth-order valence-electron chi connectivity index (χ4n) is 2.72. The molecule has 0 atom stereocenters. The minimum absolute atomic E-state index is 0.0485. The number of rotatable bonds is 8. The Labute approximate surface area is 170 Å². The summed E-state index contributed by atoms with van der Waals surface area (Å²) in [6.07, 6.45) is 0. The third-order valence-electron chi connectivity index (χ3n) is 4.26. The van der Waals surface area contributed by atoms with Crippen LogP contribution in [0, 0.1) is 19.8 Å². The molecule has 0 bridgehead atoms. The van der Waals surface area contributed by atoms with Crippen LogP contribution in [0.25, 0.3) is 0 Å². The van der Waals surface area contributed by atoms with E-state index in [1.54, 1.807) is 38.1 Å². The van der Waals surface area contributed by atoms with Gasteiger partial charge in [-0.1, -0.05) is 26.0 Å². The maximum Gasteiger partial charge on any atom is 0.341 e. The highest BCUT2D eigenvalue weighted by molar-refractivity contribution is 5.95. The van der Waals surface area contributed by atoms with Crippen LogP contribution in [0.15, 0.2) is 36.4 Å². The highest BCUT2D eigenvalue weighted by Crippen LogP contribution is 2.25. The average molecular weight is 398 g/mol. The molecule has 2 amide bonds. The van der Waals surface area contributed by atoms with Gasteiger partial charge >= 0.3 is 5.97 Å². The molecule has 29 heavy (non-hydrogen) atoms. The first-order valence-electron chi connectivity index (χ1n) is 9.31. The molecular formula is C22H26N2O5. The number of amides is 2. The van der Waals surface area contributed by atoms with Crippen molar-refractivity contribution in [1.29, 1.82) is 0 Å². The first-order chi connectivity index (χ1) is 13.7. The lowest BCUT2D eigenvalue weighted by Crippen LogP contribution is -2.23. The molecule has 0 heterocycles. The molecule has 2 rings (SSSR count). The second kappa shape index (κ2) is 9.73. The number of carbonyl (C=O) groups excluding carboxylic acids is 2. The summed E-state index contributed by atoms with van der Waals surface area (Å²) < 4.78 is 5.29. The second-order valence-corrected chi connectivity index (χ2v) is 7.15. The van der Waals surface area contributed by atoms with Crippen LogP contribution >= 0.6 is 0 Å². The number of carbonyl (C=O) groups is 3. The van der Waals surface area contributed by atoms with E-state index < -0.39 is 12.6 Å². The smallest absolute Gasteiger partial charge is 0.341 e. The normalized spacial score (nSPS) is 10.5. The van der Waals surface area contributed by atoms with Crippen LogP contribution in [0.2, 0.25) is 0 Å². The van der Waals surface area contributed by atoms with Gasteiger partial charge in [-0.15, -0.1) is 0 Å². The van der Waals surface area contributed by atoms with Crippen molar-refractivity contribution in [2.24, 2.45) is 5.92 Å². The highest BCUT2D eigenvalue weighted by atomic mass is 16.5. The maximum absolute atomic E-state index is 12.5. The van der Waals surface area contributed by atoms with Gasteiger partial charge in [0.05, 0.1) is 0 Å². The Morgan fingerprint density at radius 2 is 1.62 bits per heavy atom. The van der Waals surface area contributed by atoms with Crippen LogP contribution in [-0.2, 0) is 16.1 Å². The summed E-state index contributed by atoms with van der Waals surface area (Å²) in [5.74, 6) is -0.962. The number of carboxylic acid groups (broad SMARTS) is 1. The van der Waals surface area contributed by atoms with Crippen molar-refractivity contribution in [1.82, 2.24) is 5.32 Å². The number of carboxylic acids is 1. The summed E-state index contributed by atoms with van der Waals surface area (Å²) >= 11 is 0. The molecule has 0 spiro atoms. The van der Waals surface area contributed by atoms with Gasteiger partial charge in [0.25, 0.3) is 5.91 Å². The fourth-order valence-corrected chi connectivity index (χ4v) is 2.72. The Morgan fingerprint density at radius 3 is 2.14 bits per heavy atom. The third kappa shape index (κ3) is 6.34. The molecule has 7 heteroatoms. The van der Waals surface area contributed by atoms with Crippen LogP contribution in [0.4, 0.5) is 5.69 Å². The van der Waals surface area contributed by atoms with E-state index in [9.17, 15) is 14.4 Å². The Morgan fingerprint density at radius 1 is 1.03 bits per heavy atom. The van der Waals surface area contributed by atoms with Gasteiger partial charge in [-0.05, 0) is 54.8 Å². The van der Waals surface area contributed by atoms with Crippen LogP contribution in [0.5, 0.6) is 5.75 Å². The Balaban J connectivity index is 1.98. The minimum Gasteiger partial charge on any atom is -0.481 e. The molecule has 0 aliphatic heterocycles. The summed E-state index contributed by atoms with van der Waals surface area (Å²) in [6, 6.07) is 10.6. The highest BCUT2D eigenvalue weighted by Gasteiger charge is 2.13. The van der Waals surface area contributed by atoms with Crippen LogP contribution in [-0.4, -0.2) is 29.5 Å². The fraction of sp³-hybridized carbons (Fsp3) is 0.318. The molecule has 0 aliphatic carbocycles. The third-order valence-corrected chi connectivity index (χ3v) is 4.26. The maximum atomic E-state index is 12.5. The van der Waals surface area contributed by atoms with Gasteiger partial charge in [0.2, 0.25) is 5.91 Å². The van der Waals surface area contributed by atoms with Gasteiger partial charge in [-0.3, -0.25) is 9.59 Å². The van der Waals surface area contributed by atoms with E-state index in [-0.39, 0.29) is 17.7 Å². The summed E-state index contributed by atoms with van der Waals surface area (Å²) in [5, 5.41) is 14.4. The summed E-state index contributed by atoms with van der Waals surface area (Å²) in [4.78, 5) is 34.9. The SMILES string of the molecule is Cc1cc(C(=O)NCc2ccc(NC(=O)C(C)C)cc2)cc(C)c1OCC(=O)O. The van der Waals surface area contributed by atoms with E-state index in [2.05, 4.69) is 10.6 Å². The van der Waals surface area contributed by atoms with Crippen molar-refractivity contribution in [2.45, 2.75) is 34.2 Å². The predicted octanol–water partition coefficient (Wildman–Crippen LogP) is 3.29. The van der Waals surface area contributed by atoms with E-state index in [0.717, 1.165) is 5.56 Å². The lowest BCUT2D eigenvalue weighted by Gasteiger charge is -2.13. The van der Waals surface area contributed by atoms with Gasteiger partial charge in [-0.25, -0.2) is 4.79 Å². The van der Waals surface area contributed by atoms with Gasteiger partial charge in [-0.2, -0.15) is 0 Å². The predicted molar refractivity (Wildman–Crippen MR) is 110 cm³/mol. The van der Waals surface area contributed by atoms with Crippen LogP contribution < -0.4 is 15.4 Å². The molecule has 3 N–H and O–H groups in total. The van der Waals surface area contributed by atoms with E-state index >= 15 is 0 Å². The van der Waals surface area contributed by atoms with Gasteiger partial charge in [0.15, 0.2) is 6.61 Å². The number of nitrogens with one attached hydrogen (secondary N) is 2.